The van der Waals surface area contributed by atoms with E-state index in [1.54, 1.807) is 4.68 Å². The highest BCUT2D eigenvalue weighted by atomic mass is 16.4. The maximum Gasteiger partial charge on any atom is 0.305 e. The third-order valence-electron chi connectivity index (χ3n) is 3.47. The van der Waals surface area contributed by atoms with Crippen LogP contribution in [0.1, 0.15) is 17.0 Å². The van der Waals surface area contributed by atoms with E-state index >= 15 is 0 Å². The van der Waals surface area contributed by atoms with E-state index in [1.807, 2.05) is 60.7 Å². The van der Waals surface area contributed by atoms with Crippen LogP contribution in [-0.2, 0) is 4.79 Å². The van der Waals surface area contributed by atoms with Crippen molar-refractivity contribution in [1.29, 1.82) is 0 Å². The molecule has 0 aliphatic heterocycles. The Labute approximate surface area is 143 Å². The molecule has 2 aromatic carbocycles. The Morgan fingerprint density at radius 3 is 2.28 bits per heavy atom. The summed E-state index contributed by atoms with van der Waals surface area (Å²) in [6.45, 7) is 0.0225. The quantitative estimate of drug-likeness (QED) is 0.719. The summed E-state index contributed by atoms with van der Waals surface area (Å²) in [5, 5.41) is 15.5. The number of para-hydroxylation sites is 1. The summed E-state index contributed by atoms with van der Waals surface area (Å²) < 4.78 is 1.60. The number of carboxylic acids is 1. The van der Waals surface area contributed by atoms with Crippen LogP contribution >= 0.6 is 0 Å². The molecule has 0 unspecified atom stereocenters. The van der Waals surface area contributed by atoms with Crippen LogP contribution in [0.5, 0.6) is 0 Å². The number of carbonyl (C=O) groups is 2. The van der Waals surface area contributed by atoms with Gasteiger partial charge in [-0.3, -0.25) is 9.59 Å². The largest absolute Gasteiger partial charge is 0.481 e. The second-order valence-electron chi connectivity index (χ2n) is 5.27. The molecule has 7 heteroatoms. The van der Waals surface area contributed by atoms with Crippen LogP contribution in [0, 0.1) is 0 Å². The first-order chi connectivity index (χ1) is 12.1. The highest BCUT2D eigenvalue weighted by Crippen LogP contribution is 2.20. The van der Waals surface area contributed by atoms with E-state index in [0.717, 1.165) is 11.3 Å². The lowest BCUT2D eigenvalue weighted by Gasteiger charge is -2.05. The zero-order chi connectivity index (χ0) is 17.6. The molecular formula is C18H16N4O3. The summed E-state index contributed by atoms with van der Waals surface area (Å²) in [5.74, 6) is -0.954. The van der Waals surface area contributed by atoms with Crippen LogP contribution in [0.4, 0.5) is 0 Å². The summed E-state index contributed by atoms with van der Waals surface area (Å²) in [6, 6.07) is 18.8. The highest BCUT2D eigenvalue weighted by Gasteiger charge is 2.18. The molecule has 0 saturated heterocycles. The molecule has 3 rings (SSSR count). The standard InChI is InChI=1S/C18H16N4O3/c23-15(24)11-12-19-18(25)16-20-17(13-7-3-1-4-8-13)22(21-16)14-9-5-2-6-10-14/h1-10H,11-12H2,(H,19,25)(H,23,24). The molecule has 0 aliphatic carbocycles. The van der Waals surface area contributed by atoms with Crippen LogP contribution in [0.15, 0.2) is 60.7 Å². The number of aliphatic carboxylic acids is 1. The fourth-order valence-electron chi connectivity index (χ4n) is 2.29. The number of benzene rings is 2. The van der Waals surface area contributed by atoms with Crippen molar-refractivity contribution in [2.75, 3.05) is 6.54 Å². The third-order valence-corrected chi connectivity index (χ3v) is 3.47. The van der Waals surface area contributed by atoms with Gasteiger partial charge in [-0.05, 0) is 12.1 Å². The van der Waals surface area contributed by atoms with Crippen LogP contribution in [0.3, 0.4) is 0 Å². The van der Waals surface area contributed by atoms with Crippen LogP contribution in [0.25, 0.3) is 17.1 Å². The maximum atomic E-state index is 12.2. The molecule has 7 nitrogen and oxygen atoms in total. The molecule has 126 valence electrons. The van der Waals surface area contributed by atoms with Gasteiger partial charge in [-0.2, -0.15) is 0 Å². The summed E-state index contributed by atoms with van der Waals surface area (Å²) in [6.07, 6.45) is -0.156. The number of aromatic nitrogens is 3. The average Bonchev–Trinajstić information content (AvgIpc) is 3.08. The number of hydrogen-bond donors (Lipinski definition) is 2. The van der Waals surface area contributed by atoms with Crippen molar-refractivity contribution in [3.8, 4) is 17.1 Å². The molecule has 0 fully saturated rings. The van der Waals surface area contributed by atoms with E-state index in [0.29, 0.717) is 5.82 Å². The number of carbonyl (C=O) groups excluding carboxylic acids is 1. The van der Waals surface area contributed by atoms with Gasteiger partial charge >= 0.3 is 5.97 Å². The smallest absolute Gasteiger partial charge is 0.305 e. The fourth-order valence-corrected chi connectivity index (χ4v) is 2.29. The average molecular weight is 336 g/mol. The number of nitrogens with zero attached hydrogens (tertiary/aromatic N) is 3. The van der Waals surface area contributed by atoms with Crippen molar-refractivity contribution < 1.29 is 14.7 Å². The number of carboxylic acid groups (broad SMARTS) is 1. The van der Waals surface area contributed by atoms with Gasteiger partial charge in [0.15, 0.2) is 5.82 Å². The Bertz CT molecular complexity index is 819. The third kappa shape index (κ3) is 3.89. The van der Waals surface area contributed by atoms with Crippen molar-refractivity contribution in [2.45, 2.75) is 6.42 Å². The van der Waals surface area contributed by atoms with Crippen molar-refractivity contribution in [1.82, 2.24) is 20.1 Å². The van der Waals surface area contributed by atoms with Crippen LogP contribution in [0.2, 0.25) is 0 Å². The zero-order valence-electron chi connectivity index (χ0n) is 13.3. The first-order valence-corrected chi connectivity index (χ1v) is 7.73. The second-order valence-corrected chi connectivity index (χ2v) is 5.27. The Kier molecular flexibility index (Phi) is 4.84. The molecule has 0 radical (unpaired) electrons. The van der Waals surface area contributed by atoms with Gasteiger partial charge in [0.1, 0.15) is 0 Å². The molecular weight excluding hydrogens is 320 g/mol. The Hall–Kier alpha value is -3.48. The zero-order valence-corrected chi connectivity index (χ0v) is 13.3. The summed E-state index contributed by atoms with van der Waals surface area (Å²) in [5.41, 5.74) is 1.60. The van der Waals surface area contributed by atoms with Gasteiger partial charge in [0.25, 0.3) is 5.91 Å². The van der Waals surface area contributed by atoms with Crippen molar-refractivity contribution in [3.05, 3.63) is 66.5 Å². The van der Waals surface area contributed by atoms with Gasteiger partial charge in [0.2, 0.25) is 5.82 Å². The van der Waals surface area contributed by atoms with Gasteiger partial charge in [-0.15, -0.1) is 5.10 Å². The molecule has 1 amide bonds. The van der Waals surface area contributed by atoms with Gasteiger partial charge in [0, 0.05) is 12.1 Å². The Morgan fingerprint density at radius 2 is 1.64 bits per heavy atom. The fraction of sp³-hybridized carbons (Fsp3) is 0.111. The van der Waals surface area contributed by atoms with Crippen LogP contribution in [-0.4, -0.2) is 38.3 Å². The van der Waals surface area contributed by atoms with E-state index in [4.69, 9.17) is 5.11 Å². The summed E-state index contributed by atoms with van der Waals surface area (Å²) in [7, 11) is 0. The Balaban J connectivity index is 1.95. The van der Waals surface area contributed by atoms with Crippen molar-refractivity contribution >= 4 is 11.9 Å². The normalized spacial score (nSPS) is 10.4. The molecule has 0 aliphatic rings. The van der Waals surface area contributed by atoms with Gasteiger partial charge in [-0.25, -0.2) is 9.67 Å². The number of amides is 1. The van der Waals surface area contributed by atoms with Crippen molar-refractivity contribution in [3.63, 3.8) is 0 Å². The molecule has 25 heavy (non-hydrogen) atoms. The number of hydrogen-bond acceptors (Lipinski definition) is 4. The van der Waals surface area contributed by atoms with E-state index in [2.05, 4.69) is 15.4 Å². The number of rotatable bonds is 6. The summed E-state index contributed by atoms with van der Waals surface area (Å²) >= 11 is 0. The number of nitrogens with one attached hydrogen (secondary N) is 1. The second kappa shape index (κ2) is 7.39. The molecule has 2 N–H and O–H groups in total. The van der Waals surface area contributed by atoms with E-state index in [-0.39, 0.29) is 18.8 Å². The van der Waals surface area contributed by atoms with E-state index in [1.165, 1.54) is 0 Å². The Morgan fingerprint density at radius 1 is 1.00 bits per heavy atom. The molecule has 3 aromatic rings. The van der Waals surface area contributed by atoms with Crippen molar-refractivity contribution in [2.24, 2.45) is 0 Å². The first-order valence-electron chi connectivity index (χ1n) is 7.73. The lowest BCUT2D eigenvalue weighted by molar-refractivity contribution is -0.136. The van der Waals surface area contributed by atoms with E-state index < -0.39 is 11.9 Å². The molecule has 1 aromatic heterocycles. The first kappa shape index (κ1) is 16.4. The maximum absolute atomic E-state index is 12.2. The lowest BCUT2D eigenvalue weighted by Crippen LogP contribution is -2.27. The van der Waals surface area contributed by atoms with Crippen LogP contribution < -0.4 is 5.32 Å². The topological polar surface area (TPSA) is 97.1 Å². The molecule has 0 atom stereocenters. The minimum absolute atomic E-state index is 0.00639. The molecule has 0 spiro atoms. The van der Waals surface area contributed by atoms with Gasteiger partial charge < -0.3 is 10.4 Å². The molecule has 0 saturated carbocycles. The van der Waals surface area contributed by atoms with Gasteiger partial charge in [0.05, 0.1) is 12.1 Å². The highest BCUT2D eigenvalue weighted by molar-refractivity contribution is 5.91. The predicted molar refractivity (Wildman–Crippen MR) is 91.4 cm³/mol. The minimum atomic E-state index is -0.979. The summed E-state index contributed by atoms with van der Waals surface area (Å²) in [4.78, 5) is 27.1. The van der Waals surface area contributed by atoms with E-state index in [9.17, 15) is 9.59 Å². The monoisotopic (exact) mass is 336 g/mol. The van der Waals surface area contributed by atoms with Gasteiger partial charge in [-0.1, -0.05) is 48.5 Å². The SMILES string of the molecule is O=C(O)CCNC(=O)c1nc(-c2ccccc2)n(-c2ccccc2)n1. The molecule has 1 heterocycles. The minimum Gasteiger partial charge on any atom is -0.481 e. The lowest BCUT2D eigenvalue weighted by atomic mass is 10.2. The molecule has 0 bridgehead atoms. The predicted octanol–water partition coefficient (Wildman–Crippen LogP) is 2.14.